The number of halogens is 1. The molecule has 5 nitrogen and oxygen atoms in total. The third-order valence-electron chi connectivity index (χ3n) is 1.77. The third kappa shape index (κ3) is 8.87. The Morgan fingerprint density at radius 2 is 2.11 bits per heavy atom. The van der Waals surface area contributed by atoms with E-state index in [1.165, 1.54) is 4.90 Å². The SMILES string of the molecule is C/C=N\C(Cl)=C/NCCN(C)C(=O)OC(C)(C)C. The zero-order valence-electron chi connectivity index (χ0n) is 11.7. The highest BCUT2D eigenvalue weighted by Crippen LogP contribution is 2.08. The number of carbonyl (C=O) groups is 1. The number of nitrogens with zero attached hydrogens (tertiary/aromatic N) is 2. The van der Waals surface area contributed by atoms with Gasteiger partial charge in [0.25, 0.3) is 0 Å². The molecule has 0 aromatic rings. The molecule has 0 radical (unpaired) electrons. The Labute approximate surface area is 114 Å². The Hall–Kier alpha value is -1.23. The largest absolute Gasteiger partial charge is 0.444 e. The Morgan fingerprint density at radius 1 is 1.50 bits per heavy atom. The molecule has 0 bridgehead atoms. The van der Waals surface area contributed by atoms with E-state index in [-0.39, 0.29) is 6.09 Å². The van der Waals surface area contributed by atoms with Crippen LogP contribution in [-0.2, 0) is 4.74 Å². The van der Waals surface area contributed by atoms with Crippen LogP contribution in [0.15, 0.2) is 16.3 Å². The summed E-state index contributed by atoms with van der Waals surface area (Å²) in [5.41, 5.74) is -0.474. The van der Waals surface area contributed by atoms with Crippen molar-refractivity contribution in [2.75, 3.05) is 20.1 Å². The first-order valence-electron chi connectivity index (χ1n) is 5.78. The number of likely N-dealkylation sites (N-methyl/N-ethyl adjacent to an activating group) is 1. The molecule has 0 aliphatic rings. The highest BCUT2D eigenvalue weighted by Gasteiger charge is 2.18. The second-order valence-corrected chi connectivity index (χ2v) is 5.10. The molecule has 1 amide bonds. The summed E-state index contributed by atoms with van der Waals surface area (Å²) in [5.74, 6) is 0. The fourth-order valence-electron chi connectivity index (χ4n) is 0.980. The minimum Gasteiger partial charge on any atom is -0.444 e. The van der Waals surface area contributed by atoms with Gasteiger partial charge in [-0.25, -0.2) is 9.79 Å². The average Bonchev–Trinajstić information content (AvgIpc) is 2.22. The van der Waals surface area contributed by atoms with Gasteiger partial charge in [0.15, 0.2) is 0 Å². The highest BCUT2D eigenvalue weighted by atomic mass is 35.5. The molecule has 0 fully saturated rings. The van der Waals surface area contributed by atoms with Crippen molar-refractivity contribution >= 4 is 23.9 Å². The zero-order valence-corrected chi connectivity index (χ0v) is 12.4. The second kappa shape index (κ2) is 7.97. The van der Waals surface area contributed by atoms with E-state index in [1.807, 2.05) is 20.8 Å². The number of rotatable bonds is 5. The first kappa shape index (κ1) is 16.8. The van der Waals surface area contributed by atoms with E-state index in [4.69, 9.17) is 16.3 Å². The van der Waals surface area contributed by atoms with Crippen molar-refractivity contribution < 1.29 is 9.53 Å². The Morgan fingerprint density at radius 3 is 2.61 bits per heavy atom. The van der Waals surface area contributed by atoms with Gasteiger partial charge in [0.2, 0.25) is 0 Å². The van der Waals surface area contributed by atoms with Crippen molar-refractivity contribution in [2.24, 2.45) is 4.99 Å². The van der Waals surface area contributed by atoms with Gasteiger partial charge in [-0.15, -0.1) is 0 Å². The van der Waals surface area contributed by atoms with Crippen molar-refractivity contribution in [3.05, 3.63) is 11.4 Å². The number of carbonyl (C=O) groups excluding carboxylic acids is 1. The normalized spacial score (nSPS) is 12.7. The van der Waals surface area contributed by atoms with Crippen molar-refractivity contribution in [3.63, 3.8) is 0 Å². The number of amides is 1. The Balaban J connectivity index is 3.94. The Bertz CT molecular complexity index is 322. The monoisotopic (exact) mass is 275 g/mol. The van der Waals surface area contributed by atoms with Crippen LogP contribution < -0.4 is 5.32 Å². The summed E-state index contributed by atoms with van der Waals surface area (Å²) in [4.78, 5) is 17.0. The lowest BCUT2D eigenvalue weighted by Gasteiger charge is -2.24. The minimum atomic E-state index is -0.474. The molecule has 1 N–H and O–H groups in total. The predicted molar refractivity (Wildman–Crippen MR) is 75.0 cm³/mol. The Kier molecular flexibility index (Phi) is 7.43. The molecule has 0 rings (SSSR count). The van der Waals surface area contributed by atoms with Gasteiger partial charge in [0.05, 0.1) is 0 Å². The maximum absolute atomic E-state index is 11.6. The van der Waals surface area contributed by atoms with Gasteiger partial charge in [0.1, 0.15) is 10.8 Å². The van der Waals surface area contributed by atoms with Crippen LogP contribution >= 0.6 is 11.6 Å². The maximum Gasteiger partial charge on any atom is 0.410 e. The molecule has 0 saturated carbocycles. The van der Waals surface area contributed by atoms with E-state index in [2.05, 4.69) is 10.3 Å². The first-order chi connectivity index (χ1) is 8.26. The standard InChI is InChI=1S/C12H22ClN3O2/c1-6-15-10(13)9-14-7-8-16(5)11(17)18-12(2,3)4/h6,9,14H,7-8H2,1-5H3/b10-9-,15-6-. The van der Waals surface area contributed by atoms with Crippen LogP contribution in [0, 0.1) is 0 Å². The predicted octanol–water partition coefficient (Wildman–Crippen LogP) is 2.57. The summed E-state index contributed by atoms with van der Waals surface area (Å²) in [7, 11) is 1.69. The van der Waals surface area contributed by atoms with E-state index in [0.29, 0.717) is 18.2 Å². The lowest BCUT2D eigenvalue weighted by molar-refractivity contribution is 0.0302. The first-order valence-corrected chi connectivity index (χ1v) is 6.16. The number of nitrogens with one attached hydrogen (secondary N) is 1. The van der Waals surface area contributed by atoms with Gasteiger partial charge in [-0.05, 0) is 27.7 Å². The molecule has 0 saturated heterocycles. The topological polar surface area (TPSA) is 53.9 Å². The molecular weight excluding hydrogens is 254 g/mol. The van der Waals surface area contributed by atoms with Crippen molar-refractivity contribution in [3.8, 4) is 0 Å². The number of ether oxygens (including phenoxy) is 1. The van der Waals surface area contributed by atoms with E-state index in [1.54, 1.807) is 26.4 Å². The molecule has 0 aliphatic heterocycles. The van der Waals surface area contributed by atoms with Crippen molar-refractivity contribution in [1.29, 1.82) is 0 Å². The molecule has 0 atom stereocenters. The number of hydrogen-bond donors (Lipinski definition) is 1. The fraction of sp³-hybridized carbons (Fsp3) is 0.667. The third-order valence-corrected chi connectivity index (χ3v) is 1.98. The second-order valence-electron chi connectivity index (χ2n) is 4.71. The van der Waals surface area contributed by atoms with Crippen LogP contribution in [-0.4, -0.2) is 42.9 Å². The number of hydrogen-bond acceptors (Lipinski definition) is 4. The van der Waals surface area contributed by atoms with Gasteiger partial charge in [-0.1, -0.05) is 11.6 Å². The van der Waals surface area contributed by atoms with Gasteiger partial charge in [-0.2, -0.15) is 0 Å². The van der Waals surface area contributed by atoms with Crippen molar-refractivity contribution in [1.82, 2.24) is 10.2 Å². The molecule has 0 heterocycles. The van der Waals surface area contributed by atoms with Gasteiger partial charge in [-0.3, -0.25) is 0 Å². The van der Waals surface area contributed by atoms with Crippen LogP contribution in [0.25, 0.3) is 0 Å². The van der Waals surface area contributed by atoms with E-state index >= 15 is 0 Å². The van der Waals surface area contributed by atoms with Gasteiger partial charge >= 0.3 is 6.09 Å². The van der Waals surface area contributed by atoms with Gasteiger partial charge < -0.3 is 15.0 Å². The summed E-state index contributed by atoms with van der Waals surface area (Å²) in [5, 5.41) is 3.33. The van der Waals surface area contributed by atoms with Crippen molar-refractivity contribution in [2.45, 2.75) is 33.3 Å². The highest BCUT2D eigenvalue weighted by molar-refractivity contribution is 6.29. The summed E-state index contributed by atoms with van der Waals surface area (Å²) in [6, 6.07) is 0. The molecule has 0 aliphatic carbocycles. The summed E-state index contributed by atoms with van der Waals surface area (Å²) >= 11 is 5.74. The molecule has 0 unspecified atom stereocenters. The fourth-order valence-corrected chi connectivity index (χ4v) is 1.16. The molecular formula is C12H22ClN3O2. The molecule has 104 valence electrons. The summed E-state index contributed by atoms with van der Waals surface area (Å²) in [6.07, 6.45) is 2.85. The van der Waals surface area contributed by atoms with Crippen LogP contribution in [0.5, 0.6) is 0 Å². The van der Waals surface area contributed by atoms with E-state index < -0.39 is 5.60 Å². The summed E-state index contributed by atoms with van der Waals surface area (Å²) in [6.45, 7) is 8.38. The zero-order chi connectivity index (χ0) is 14.2. The minimum absolute atomic E-state index is 0.342. The average molecular weight is 276 g/mol. The van der Waals surface area contributed by atoms with Crippen LogP contribution in [0.3, 0.4) is 0 Å². The molecule has 0 aromatic heterocycles. The lowest BCUT2D eigenvalue weighted by Crippen LogP contribution is -2.37. The van der Waals surface area contributed by atoms with E-state index in [9.17, 15) is 4.79 Å². The van der Waals surface area contributed by atoms with Crippen LogP contribution in [0.1, 0.15) is 27.7 Å². The summed E-state index contributed by atoms with van der Waals surface area (Å²) < 4.78 is 5.21. The molecule has 0 aromatic carbocycles. The smallest absolute Gasteiger partial charge is 0.410 e. The molecule has 6 heteroatoms. The van der Waals surface area contributed by atoms with Crippen LogP contribution in [0.2, 0.25) is 0 Å². The van der Waals surface area contributed by atoms with E-state index in [0.717, 1.165) is 0 Å². The quantitative estimate of drug-likeness (QED) is 0.477. The number of aliphatic imine (C=N–C) groups is 1. The van der Waals surface area contributed by atoms with Gasteiger partial charge in [0, 0.05) is 32.6 Å². The maximum atomic E-state index is 11.6. The molecule has 18 heavy (non-hydrogen) atoms. The van der Waals surface area contributed by atoms with Crippen LogP contribution in [0.4, 0.5) is 4.79 Å². The lowest BCUT2D eigenvalue weighted by atomic mass is 10.2. The molecule has 0 spiro atoms.